The lowest BCUT2D eigenvalue weighted by Crippen LogP contribution is -2.15. The number of anilines is 1. The van der Waals surface area contributed by atoms with Crippen LogP contribution in [0, 0.1) is 17.0 Å². The van der Waals surface area contributed by atoms with Gasteiger partial charge in [-0.1, -0.05) is 41.7 Å². The minimum Gasteiger partial charge on any atom is -0.302 e. The highest BCUT2D eigenvalue weighted by Gasteiger charge is 2.16. The molecule has 0 spiro atoms. The number of fused-ring (bicyclic) bond motifs is 1. The quantitative estimate of drug-likeness (QED) is 0.585. The molecule has 3 rings (SSSR count). The SMILES string of the molecule is Cc1cccc2sc(NC(=O)Cc3ccccc3[N+](=O)[O-])nc12. The molecule has 0 aliphatic carbocycles. The third-order valence-electron chi connectivity index (χ3n) is 3.41. The molecule has 0 bridgehead atoms. The van der Waals surface area contributed by atoms with Crippen molar-refractivity contribution in [2.24, 2.45) is 0 Å². The second kappa shape index (κ2) is 6.13. The number of para-hydroxylation sites is 2. The van der Waals surface area contributed by atoms with Crippen LogP contribution in [-0.2, 0) is 11.2 Å². The van der Waals surface area contributed by atoms with Gasteiger partial charge in [0.15, 0.2) is 5.13 Å². The van der Waals surface area contributed by atoms with E-state index < -0.39 is 4.92 Å². The molecule has 0 fully saturated rings. The van der Waals surface area contributed by atoms with Gasteiger partial charge in [-0.2, -0.15) is 0 Å². The molecule has 1 N–H and O–H groups in total. The summed E-state index contributed by atoms with van der Waals surface area (Å²) in [5, 5.41) is 14.2. The molecule has 0 atom stereocenters. The van der Waals surface area contributed by atoms with E-state index in [1.54, 1.807) is 18.2 Å². The first kappa shape index (κ1) is 15.1. The second-order valence-corrected chi connectivity index (χ2v) is 6.08. The summed E-state index contributed by atoms with van der Waals surface area (Å²) >= 11 is 1.38. The molecule has 6 nitrogen and oxygen atoms in total. The van der Waals surface area contributed by atoms with Gasteiger partial charge in [0.2, 0.25) is 5.91 Å². The van der Waals surface area contributed by atoms with E-state index >= 15 is 0 Å². The average Bonchev–Trinajstić information content (AvgIpc) is 2.91. The van der Waals surface area contributed by atoms with E-state index in [1.807, 2.05) is 25.1 Å². The monoisotopic (exact) mass is 327 g/mol. The first-order valence-electron chi connectivity index (χ1n) is 6.93. The predicted octanol–water partition coefficient (Wildman–Crippen LogP) is 3.69. The number of rotatable bonds is 4. The van der Waals surface area contributed by atoms with Gasteiger partial charge in [-0.05, 0) is 18.6 Å². The maximum atomic E-state index is 12.2. The number of aromatic nitrogens is 1. The molecular formula is C16H13N3O3S. The van der Waals surface area contributed by atoms with Crippen LogP contribution >= 0.6 is 11.3 Å². The van der Waals surface area contributed by atoms with Gasteiger partial charge in [0.05, 0.1) is 21.6 Å². The molecule has 0 unspecified atom stereocenters. The maximum absolute atomic E-state index is 12.2. The van der Waals surface area contributed by atoms with Crippen LogP contribution in [0.5, 0.6) is 0 Å². The van der Waals surface area contributed by atoms with Crippen LogP contribution in [0.25, 0.3) is 10.2 Å². The Labute approximate surface area is 135 Å². The number of nitro groups is 1. The zero-order chi connectivity index (χ0) is 16.4. The van der Waals surface area contributed by atoms with Gasteiger partial charge in [0.25, 0.3) is 5.69 Å². The van der Waals surface area contributed by atoms with Gasteiger partial charge >= 0.3 is 0 Å². The maximum Gasteiger partial charge on any atom is 0.273 e. The number of hydrogen-bond acceptors (Lipinski definition) is 5. The van der Waals surface area contributed by atoms with Crippen molar-refractivity contribution in [3.05, 3.63) is 63.7 Å². The number of aryl methyl sites for hydroxylation is 1. The Morgan fingerprint density at radius 3 is 2.78 bits per heavy atom. The molecule has 1 aromatic heterocycles. The molecule has 0 saturated heterocycles. The molecule has 0 aliphatic rings. The summed E-state index contributed by atoms with van der Waals surface area (Å²) in [7, 11) is 0. The molecule has 0 radical (unpaired) electrons. The number of thiazole rings is 1. The number of carbonyl (C=O) groups is 1. The molecule has 1 heterocycles. The predicted molar refractivity (Wildman–Crippen MR) is 89.8 cm³/mol. The van der Waals surface area contributed by atoms with E-state index in [-0.39, 0.29) is 18.0 Å². The molecule has 0 aliphatic heterocycles. The van der Waals surface area contributed by atoms with Gasteiger partial charge in [0, 0.05) is 11.6 Å². The standard InChI is InChI=1S/C16H13N3O3S/c1-10-5-4-8-13-15(10)18-16(23-13)17-14(20)9-11-6-2-3-7-12(11)19(21)22/h2-8H,9H2,1H3,(H,17,18,20). The Hall–Kier alpha value is -2.80. The molecular weight excluding hydrogens is 314 g/mol. The van der Waals surface area contributed by atoms with E-state index in [2.05, 4.69) is 10.3 Å². The van der Waals surface area contributed by atoms with Crippen molar-refractivity contribution in [1.29, 1.82) is 0 Å². The minimum atomic E-state index is -0.482. The lowest BCUT2D eigenvalue weighted by Gasteiger charge is -2.03. The topological polar surface area (TPSA) is 85.1 Å². The fourth-order valence-electron chi connectivity index (χ4n) is 2.31. The Kier molecular flexibility index (Phi) is 4.03. The summed E-state index contributed by atoms with van der Waals surface area (Å²) in [4.78, 5) is 27.1. The number of nitro benzene ring substituents is 1. The molecule has 7 heteroatoms. The van der Waals surface area contributed by atoms with Gasteiger partial charge in [-0.15, -0.1) is 0 Å². The Bertz CT molecular complexity index is 904. The first-order chi connectivity index (χ1) is 11.0. The normalized spacial score (nSPS) is 10.7. The van der Waals surface area contributed by atoms with Crippen LogP contribution in [0.3, 0.4) is 0 Å². The van der Waals surface area contributed by atoms with E-state index in [0.717, 1.165) is 15.8 Å². The number of nitrogens with zero attached hydrogens (tertiary/aromatic N) is 2. The van der Waals surface area contributed by atoms with Crippen LogP contribution in [0.1, 0.15) is 11.1 Å². The van der Waals surface area contributed by atoms with Crippen LogP contribution in [0.2, 0.25) is 0 Å². The van der Waals surface area contributed by atoms with Gasteiger partial charge in [-0.3, -0.25) is 14.9 Å². The Balaban J connectivity index is 1.79. The Morgan fingerprint density at radius 1 is 1.26 bits per heavy atom. The zero-order valence-corrected chi connectivity index (χ0v) is 13.1. The number of amides is 1. The summed E-state index contributed by atoms with van der Waals surface area (Å²) in [6, 6.07) is 12.1. The van der Waals surface area contributed by atoms with E-state index in [9.17, 15) is 14.9 Å². The van der Waals surface area contributed by atoms with E-state index in [0.29, 0.717) is 10.7 Å². The van der Waals surface area contributed by atoms with Crippen LogP contribution in [0.15, 0.2) is 42.5 Å². The van der Waals surface area contributed by atoms with Crippen LogP contribution < -0.4 is 5.32 Å². The fourth-order valence-corrected chi connectivity index (χ4v) is 3.27. The van der Waals surface area contributed by atoms with Crippen molar-refractivity contribution in [2.75, 3.05) is 5.32 Å². The summed E-state index contributed by atoms with van der Waals surface area (Å²) in [5.74, 6) is -0.323. The number of hydrogen-bond donors (Lipinski definition) is 1. The highest BCUT2D eigenvalue weighted by atomic mass is 32.1. The lowest BCUT2D eigenvalue weighted by atomic mass is 10.1. The highest BCUT2D eigenvalue weighted by molar-refractivity contribution is 7.22. The van der Waals surface area contributed by atoms with Crippen LogP contribution in [-0.4, -0.2) is 15.8 Å². The van der Waals surface area contributed by atoms with Crippen molar-refractivity contribution >= 4 is 38.3 Å². The van der Waals surface area contributed by atoms with Crippen molar-refractivity contribution in [3.63, 3.8) is 0 Å². The fraction of sp³-hybridized carbons (Fsp3) is 0.125. The molecule has 116 valence electrons. The van der Waals surface area contributed by atoms with E-state index in [1.165, 1.54) is 17.4 Å². The lowest BCUT2D eigenvalue weighted by molar-refractivity contribution is -0.385. The summed E-state index contributed by atoms with van der Waals surface area (Å²) in [6.45, 7) is 1.96. The molecule has 0 saturated carbocycles. The van der Waals surface area contributed by atoms with Crippen molar-refractivity contribution < 1.29 is 9.72 Å². The minimum absolute atomic E-state index is 0.0530. The largest absolute Gasteiger partial charge is 0.302 e. The number of nitrogens with one attached hydrogen (secondary N) is 1. The molecule has 2 aromatic carbocycles. The number of benzene rings is 2. The zero-order valence-electron chi connectivity index (χ0n) is 12.3. The molecule has 1 amide bonds. The average molecular weight is 327 g/mol. The third kappa shape index (κ3) is 3.19. The van der Waals surface area contributed by atoms with Crippen molar-refractivity contribution in [2.45, 2.75) is 13.3 Å². The number of carbonyl (C=O) groups excluding carboxylic acids is 1. The van der Waals surface area contributed by atoms with Crippen molar-refractivity contribution in [1.82, 2.24) is 4.98 Å². The molecule has 23 heavy (non-hydrogen) atoms. The first-order valence-corrected chi connectivity index (χ1v) is 7.74. The third-order valence-corrected chi connectivity index (χ3v) is 4.34. The van der Waals surface area contributed by atoms with Crippen LogP contribution in [0.4, 0.5) is 10.8 Å². The summed E-state index contributed by atoms with van der Waals surface area (Å²) in [5.41, 5.74) is 2.23. The smallest absolute Gasteiger partial charge is 0.273 e. The van der Waals surface area contributed by atoms with Gasteiger partial charge < -0.3 is 5.32 Å². The second-order valence-electron chi connectivity index (χ2n) is 5.05. The summed E-state index contributed by atoms with van der Waals surface area (Å²) < 4.78 is 0.992. The highest BCUT2D eigenvalue weighted by Crippen LogP contribution is 2.28. The molecule has 3 aromatic rings. The van der Waals surface area contributed by atoms with Gasteiger partial charge in [-0.25, -0.2) is 4.98 Å². The Morgan fingerprint density at radius 2 is 2.04 bits per heavy atom. The van der Waals surface area contributed by atoms with Gasteiger partial charge in [0.1, 0.15) is 0 Å². The summed E-state index contributed by atoms with van der Waals surface area (Å²) in [6.07, 6.45) is -0.0634. The van der Waals surface area contributed by atoms with E-state index in [4.69, 9.17) is 0 Å². The van der Waals surface area contributed by atoms with Crippen molar-refractivity contribution in [3.8, 4) is 0 Å².